The molecule has 0 radical (unpaired) electrons. The van der Waals surface area contributed by atoms with Gasteiger partial charge in [-0.1, -0.05) is 13.8 Å². The normalized spacial score (nSPS) is 16.1. The molecule has 0 bridgehead atoms. The number of imide groups is 4. The van der Waals surface area contributed by atoms with E-state index in [0.717, 1.165) is 4.90 Å². The average Bonchev–Trinajstić information content (AvgIpc) is 2.52. The Bertz CT molecular complexity index is 337. The Labute approximate surface area is 86.8 Å². The van der Waals surface area contributed by atoms with E-state index in [-0.39, 0.29) is 19.4 Å². The summed E-state index contributed by atoms with van der Waals surface area (Å²) < 4.78 is 0. The van der Waals surface area contributed by atoms with Crippen LogP contribution in [0, 0.1) is 0 Å². The zero-order chi connectivity index (χ0) is 11.6. The second kappa shape index (κ2) is 4.20. The first kappa shape index (κ1) is 11.4. The fraction of sp³-hybridized carbons (Fsp3) is 0.556. The zero-order valence-electron chi connectivity index (χ0n) is 8.65. The summed E-state index contributed by atoms with van der Waals surface area (Å²) in [6, 6.07) is -0.821. The molecule has 0 saturated carbocycles. The van der Waals surface area contributed by atoms with Crippen LogP contribution >= 0.6 is 0 Å². The fourth-order valence-corrected chi connectivity index (χ4v) is 1.29. The van der Waals surface area contributed by atoms with E-state index in [9.17, 15) is 19.2 Å². The highest BCUT2D eigenvalue weighted by molar-refractivity contribution is 6.19. The molecule has 6 heteroatoms. The van der Waals surface area contributed by atoms with E-state index < -0.39 is 23.8 Å². The maximum atomic E-state index is 11.5. The first-order valence-corrected chi connectivity index (χ1v) is 4.73. The lowest BCUT2D eigenvalue weighted by Crippen LogP contribution is -2.39. The molecule has 0 N–H and O–H groups in total. The van der Waals surface area contributed by atoms with Crippen molar-refractivity contribution in [3.05, 3.63) is 0 Å². The molecule has 0 unspecified atom stereocenters. The van der Waals surface area contributed by atoms with Crippen LogP contribution in [-0.2, 0) is 14.4 Å². The van der Waals surface area contributed by atoms with Crippen molar-refractivity contribution in [3.8, 4) is 0 Å². The minimum absolute atomic E-state index is 0.0611. The van der Waals surface area contributed by atoms with Crippen molar-refractivity contribution in [2.75, 3.05) is 6.54 Å². The Hall–Kier alpha value is -1.72. The minimum atomic E-state index is -0.821. The molecule has 0 aromatic heterocycles. The molecule has 0 aromatic rings. The molecule has 82 valence electrons. The molecule has 5 amide bonds. The molecule has 6 nitrogen and oxygen atoms in total. The maximum Gasteiger partial charge on any atom is 0.340 e. The molecule has 1 saturated heterocycles. The molecule has 1 fully saturated rings. The summed E-state index contributed by atoms with van der Waals surface area (Å²) in [6.07, 6.45) is 0.193. The molecule has 0 aliphatic carbocycles. The molecule has 0 atom stereocenters. The Morgan fingerprint density at radius 2 is 1.67 bits per heavy atom. The second-order valence-corrected chi connectivity index (χ2v) is 3.09. The molecule has 1 rings (SSSR count). The monoisotopic (exact) mass is 212 g/mol. The molecule has 1 aliphatic rings. The number of carbonyl (C=O) groups is 4. The number of rotatable bonds is 2. The Kier molecular flexibility index (Phi) is 3.18. The van der Waals surface area contributed by atoms with E-state index in [1.54, 1.807) is 13.8 Å². The van der Waals surface area contributed by atoms with Crippen LogP contribution in [0.3, 0.4) is 0 Å². The summed E-state index contributed by atoms with van der Waals surface area (Å²) in [5.74, 6) is -1.65. The standard InChI is InChI=1S/C9H12N2O4/c1-3-6(12)10-5-8(14)11(9(10)15)7(13)4-2/h3-5H2,1-2H3. The zero-order valence-corrected chi connectivity index (χ0v) is 8.65. The summed E-state index contributed by atoms with van der Waals surface area (Å²) in [7, 11) is 0. The van der Waals surface area contributed by atoms with Gasteiger partial charge >= 0.3 is 6.03 Å². The summed E-state index contributed by atoms with van der Waals surface area (Å²) in [6.45, 7) is 2.81. The molecule has 0 spiro atoms. The van der Waals surface area contributed by atoms with Crippen molar-refractivity contribution in [1.82, 2.24) is 9.80 Å². The first-order chi connectivity index (χ1) is 7.02. The van der Waals surface area contributed by atoms with E-state index in [1.807, 2.05) is 0 Å². The van der Waals surface area contributed by atoms with Crippen molar-refractivity contribution in [3.63, 3.8) is 0 Å². The SMILES string of the molecule is CCC(=O)N1CC(=O)N(C(=O)CC)C1=O. The highest BCUT2D eigenvalue weighted by atomic mass is 16.2. The summed E-state index contributed by atoms with van der Waals surface area (Å²) >= 11 is 0. The van der Waals surface area contributed by atoms with Gasteiger partial charge in [0.25, 0.3) is 5.91 Å². The molecular formula is C9H12N2O4. The molecule has 15 heavy (non-hydrogen) atoms. The van der Waals surface area contributed by atoms with Gasteiger partial charge in [0.2, 0.25) is 11.8 Å². The Morgan fingerprint density at radius 1 is 1.13 bits per heavy atom. The third kappa shape index (κ3) is 1.88. The predicted molar refractivity (Wildman–Crippen MR) is 49.5 cm³/mol. The van der Waals surface area contributed by atoms with Gasteiger partial charge in [-0.2, -0.15) is 4.90 Å². The van der Waals surface area contributed by atoms with E-state index >= 15 is 0 Å². The van der Waals surface area contributed by atoms with Crippen LogP contribution in [-0.4, -0.2) is 40.1 Å². The summed E-state index contributed by atoms with van der Waals surface area (Å²) in [5, 5.41) is 0. The number of hydrogen-bond donors (Lipinski definition) is 0. The average molecular weight is 212 g/mol. The Morgan fingerprint density at radius 3 is 2.13 bits per heavy atom. The van der Waals surface area contributed by atoms with E-state index in [1.165, 1.54) is 0 Å². The number of nitrogens with zero attached hydrogens (tertiary/aromatic N) is 2. The molecule has 1 heterocycles. The molecular weight excluding hydrogens is 200 g/mol. The Balaban J connectivity index is 2.88. The van der Waals surface area contributed by atoms with Crippen LogP contribution in [0.1, 0.15) is 26.7 Å². The van der Waals surface area contributed by atoms with Gasteiger partial charge in [-0.3, -0.25) is 19.3 Å². The van der Waals surface area contributed by atoms with Gasteiger partial charge in [-0.05, 0) is 0 Å². The van der Waals surface area contributed by atoms with E-state index in [2.05, 4.69) is 0 Å². The van der Waals surface area contributed by atoms with Gasteiger partial charge in [0, 0.05) is 12.8 Å². The van der Waals surface area contributed by atoms with E-state index in [4.69, 9.17) is 0 Å². The third-order valence-corrected chi connectivity index (χ3v) is 2.12. The van der Waals surface area contributed by atoms with Crippen LogP contribution in [0.5, 0.6) is 0 Å². The largest absolute Gasteiger partial charge is 0.340 e. The predicted octanol–water partition coefficient (Wildman–Crippen LogP) is 0.124. The summed E-state index contributed by atoms with van der Waals surface area (Å²) in [5.41, 5.74) is 0. The van der Waals surface area contributed by atoms with Gasteiger partial charge in [0.15, 0.2) is 0 Å². The van der Waals surface area contributed by atoms with Crippen molar-refractivity contribution < 1.29 is 19.2 Å². The number of carbonyl (C=O) groups excluding carboxylic acids is 4. The van der Waals surface area contributed by atoms with Gasteiger partial charge in [-0.15, -0.1) is 0 Å². The number of hydrogen-bond acceptors (Lipinski definition) is 4. The van der Waals surface area contributed by atoms with Crippen LogP contribution in [0.25, 0.3) is 0 Å². The van der Waals surface area contributed by atoms with Gasteiger partial charge in [0.1, 0.15) is 6.54 Å². The lowest BCUT2D eigenvalue weighted by atomic mass is 10.4. The van der Waals surface area contributed by atoms with Gasteiger partial charge in [-0.25, -0.2) is 4.79 Å². The van der Waals surface area contributed by atoms with Crippen LogP contribution < -0.4 is 0 Å². The summed E-state index contributed by atoms with van der Waals surface area (Å²) in [4.78, 5) is 46.6. The quantitative estimate of drug-likeness (QED) is 0.609. The fourth-order valence-electron chi connectivity index (χ4n) is 1.29. The lowest BCUT2D eigenvalue weighted by molar-refractivity contribution is -0.138. The molecule has 1 aliphatic heterocycles. The van der Waals surface area contributed by atoms with E-state index in [0.29, 0.717) is 4.90 Å². The number of urea groups is 1. The van der Waals surface area contributed by atoms with Gasteiger partial charge in [0.05, 0.1) is 0 Å². The lowest BCUT2D eigenvalue weighted by Gasteiger charge is -2.12. The highest BCUT2D eigenvalue weighted by Crippen LogP contribution is 2.12. The third-order valence-electron chi connectivity index (χ3n) is 2.12. The highest BCUT2D eigenvalue weighted by Gasteiger charge is 2.42. The second-order valence-electron chi connectivity index (χ2n) is 3.09. The van der Waals surface area contributed by atoms with Crippen LogP contribution in [0.4, 0.5) is 4.79 Å². The maximum absolute atomic E-state index is 11.5. The smallest absolute Gasteiger partial charge is 0.274 e. The van der Waals surface area contributed by atoms with Crippen LogP contribution in [0.2, 0.25) is 0 Å². The van der Waals surface area contributed by atoms with Crippen LogP contribution in [0.15, 0.2) is 0 Å². The first-order valence-electron chi connectivity index (χ1n) is 4.73. The van der Waals surface area contributed by atoms with Crippen molar-refractivity contribution in [2.45, 2.75) is 26.7 Å². The minimum Gasteiger partial charge on any atom is -0.274 e. The molecule has 0 aromatic carbocycles. The topological polar surface area (TPSA) is 74.8 Å². The number of amides is 5. The van der Waals surface area contributed by atoms with Crippen molar-refractivity contribution in [1.29, 1.82) is 0 Å². The van der Waals surface area contributed by atoms with Crippen molar-refractivity contribution in [2.24, 2.45) is 0 Å². The van der Waals surface area contributed by atoms with Crippen molar-refractivity contribution >= 4 is 23.8 Å². The van der Waals surface area contributed by atoms with Gasteiger partial charge < -0.3 is 0 Å².